The smallest absolute Gasteiger partial charge is 0.213 e. The maximum absolute atomic E-state index is 6.54. The van der Waals surface area contributed by atoms with E-state index in [-0.39, 0.29) is 0 Å². The van der Waals surface area contributed by atoms with Crippen molar-refractivity contribution in [1.82, 2.24) is 4.57 Å². The summed E-state index contributed by atoms with van der Waals surface area (Å²) in [4.78, 5) is 2.31. The van der Waals surface area contributed by atoms with Crippen LogP contribution in [0.2, 0.25) is 0 Å². The first-order chi connectivity index (χ1) is 27.2. The molecule has 0 aliphatic heterocycles. The zero-order valence-electron chi connectivity index (χ0n) is 30.3. The molecule has 262 valence electrons. The highest BCUT2D eigenvalue weighted by Crippen LogP contribution is 2.41. The standard InChI is InChI=1S/C51H36N2O2/c1-3-4-20-47-34(2)49-45-16-8-10-19-46(45)53(51(49)55-47)41-32-30-40(31-33-41)52(38-26-22-36(23-27-38)35-13-6-5-7-14-35)39-28-24-37(25-29-39)42-17-12-18-44-43-15-9-11-21-48(43)54-50(42)44/h3-33H,1H2,2H3/b20-4-. The van der Waals surface area contributed by atoms with Gasteiger partial charge in [0, 0.05) is 50.0 Å². The van der Waals surface area contributed by atoms with Gasteiger partial charge in [-0.2, -0.15) is 0 Å². The minimum absolute atomic E-state index is 0.832. The summed E-state index contributed by atoms with van der Waals surface area (Å²) >= 11 is 0. The van der Waals surface area contributed by atoms with E-state index in [9.17, 15) is 0 Å². The summed E-state index contributed by atoms with van der Waals surface area (Å²) in [6.07, 6.45) is 5.67. The van der Waals surface area contributed by atoms with Crippen molar-refractivity contribution >= 4 is 67.1 Å². The number of hydrogen-bond acceptors (Lipinski definition) is 3. The van der Waals surface area contributed by atoms with Crippen LogP contribution in [0.5, 0.6) is 0 Å². The molecule has 3 heterocycles. The Balaban J connectivity index is 1.07. The molecule has 4 nitrogen and oxygen atoms in total. The molecule has 10 rings (SSSR count). The molecule has 10 aromatic rings. The van der Waals surface area contributed by atoms with Crippen molar-refractivity contribution in [2.24, 2.45) is 0 Å². The third kappa shape index (κ3) is 5.46. The van der Waals surface area contributed by atoms with Crippen molar-refractivity contribution in [3.05, 3.63) is 200 Å². The van der Waals surface area contributed by atoms with E-state index in [1.54, 1.807) is 6.08 Å². The van der Waals surface area contributed by atoms with Crippen LogP contribution < -0.4 is 4.90 Å². The number of aromatic nitrogens is 1. The first-order valence-electron chi connectivity index (χ1n) is 18.5. The SMILES string of the molecule is C=C/C=C\c1oc2c(c1C)c1ccccc1n2-c1ccc(N(c2ccc(-c3ccccc3)cc2)c2ccc(-c3cccc4c3oc3ccccc34)cc2)cc1. The van der Waals surface area contributed by atoms with Crippen molar-refractivity contribution in [2.45, 2.75) is 6.92 Å². The van der Waals surface area contributed by atoms with Crippen LogP contribution in [0.3, 0.4) is 0 Å². The predicted molar refractivity (Wildman–Crippen MR) is 230 cm³/mol. The molecule has 3 aromatic heterocycles. The Bertz CT molecular complexity index is 3030. The van der Waals surface area contributed by atoms with Crippen molar-refractivity contribution in [3.8, 4) is 27.9 Å². The highest BCUT2D eigenvalue weighted by molar-refractivity contribution is 6.11. The van der Waals surface area contributed by atoms with Gasteiger partial charge in [-0.15, -0.1) is 0 Å². The Labute approximate surface area is 319 Å². The fraction of sp³-hybridized carbons (Fsp3) is 0.0196. The van der Waals surface area contributed by atoms with E-state index in [2.05, 4.69) is 181 Å². The second-order valence-corrected chi connectivity index (χ2v) is 13.8. The van der Waals surface area contributed by atoms with Crippen LogP contribution in [-0.4, -0.2) is 4.57 Å². The number of aryl methyl sites for hydroxylation is 1. The lowest BCUT2D eigenvalue weighted by Crippen LogP contribution is -2.10. The Morgan fingerprint density at radius 2 is 1.15 bits per heavy atom. The van der Waals surface area contributed by atoms with E-state index in [0.717, 1.165) is 83.8 Å². The molecule has 0 N–H and O–H groups in total. The molecular formula is C51H36N2O2. The maximum atomic E-state index is 6.54. The molecule has 0 saturated carbocycles. The molecule has 0 aliphatic rings. The van der Waals surface area contributed by atoms with Gasteiger partial charge in [-0.3, -0.25) is 4.57 Å². The van der Waals surface area contributed by atoms with Crippen LogP contribution in [0.4, 0.5) is 17.1 Å². The van der Waals surface area contributed by atoms with Crippen LogP contribution in [0, 0.1) is 6.92 Å². The summed E-state index contributed by atoms with van der Waals surface area (Å²) in [5.41, 5.74) is 13.6. The lowest BCUT2D eigenvalue weighted by atomic mass is 10.0. The van der Waals surface area contributed by atoms with Gasteiger partial charge in [0.05, 0.1) is 10.9 Å². The molecular weight excluding hydrogens is 673 g/mol. The fourth-order valence-electron chi connectivity index (χ4n) is 7.95. The maximum Gasteiger partial charge on any atom is 0.213 e. The van der Waals surface area contributed by atoms with E-state index >= 15 is 0 Å². The number of nitrogens with zero attached hydrogens (tertiary/aromatic N) is 2. The molecule has 0 atom stereocenters. The van der Waals surface area contributed by atoms with E-state index < -0.39 is 0 Å². The summed E-state index contributed by atoms with van der Waals surface area (Å²) in [6, 6.07) is 59.9. The average Bonchev–Trinajstić information content (AvgIpc) is 3.90. The van der Waals surface area contributed by atoms with Crippen LogP contribution >= 0.6 is 0 Å². The van der Waals surface area contributed by atoms with Crippen molar-refractivity contribution < 1.29 is 8.83 Å². The summed E-state index contributed by atoms with van der Waals surface area (Å²) in [5, 5.41) is 4.55. The average molecular weight is 709 g/mol. The number of benzene rings is 7. The molecule has 4 heteroatoms. The molecule has 7 aromatic carbocycles. The molecule has 55 heavy (non-hydrogen) atoms. The van der Waals surface area contributed by atoms with Gasteiger partial charge in [-0.1, -0.05) is 128 Å². The number of allylic oxidation sites excluding steroid dienone is 2. The highest BCUT2D eigenvalue weighted by Gasteiger charge is 2.21. The van der Waals surface area contributed by atoms with Crippen molar-refractivity contribution in [3.63, 3.8) is 0 Å². The van der Waals surface area contributed by atoms with E-state index in [1.807, 2.05) is 24.3 Å². The lowest BCUT2D eigenvalue weighted by Gasteiger charge is -2.26. The van der Waals surface area contributed by atoms with Gasteiger partial charge < -0.3 is 13.7 Å². The molecule has 0 saturated heterocycles. The van der Waals surface area contributed by atoms with Crippen LogP contribution in [0.25, 0.3) is 78.0 Å². The minimum Gasteiger partial charge on any atom is -0.455 e. The number of rotatable bonds is 8. The number of para-hydroxylation sites is 3. The first kappa shape index (κ1) is 32.4. The van der Waals surface area contributed by atoms with Gasteiger partial charge in [0.1, 0.15) is 16.9 Å². The molecule has 0 unspecified atom stereocenters. The van der Waals surface area contributed by atoms with Crippen molar-refractivity contribution in [2.75, 3.05) is 4.90 Å². The van der Waals surface area contributed by atoms with E-state index in [0.29, 0.717) is 0 Å². The Hall–Kier alpha value is -7.30. The van der Waals surface area contributed by atoms with Gasteiger partial charge in [-0.05, 0) is 90.4 Å². The second kappa shape index (κ2) is 13.3. The normalized spacial score (nSPS) is 11.7. The topological polar surface area (TPSA) is 34.5 Å². The monoisotopic (exact) mass is 708 g/mol. The Morgan fingerprint density at radius 1 is 0.545 bits per heavy atom. The summed E-state index contributed by atoms with van der Waals surface area (Å²) in [5.74, 6) is 0.839. The minimum atomic E-state index is 0.832. The van der Waals surface area contributed by atoms with Crippen LogP contribution in [0.1, 0.15) is 11.3 Å². The molecule has 0 spiro atoms. The number of hydrogen-bond donors (Lipinski definition) is 0. The first-order valence-corrected chi connectivity index (χ1v) is 18.5. The quantitative estimate of drug-likeness (QED) is 0.147. The summed E-state index contributed by atoms with van der Waals surface area (Å²) in [7, 11) is 0. The number of furan rings is 2. The third-order valence-corrected chi connectivity index (χ3v) is 10.6. The van der Waals surface area contributed by atoms with Crippen LogP contribution in [0.15, 0.2) is 197 Å². The van der Waals surface area contributed by atoms with Gasteiger partial charge >= 0.3 is 0 Å². The predicted octanol–water partition coefficient (Wildman–Crippen LogP) is 14.6. The number of fused-ring (bicyclic) bond motifs is 6. The molecule has 0 bridgehead atoms. The van der Waals surface area contributed by atoms with Gasteiger partial charge in [-0.25, -0.2) is 0 Å². The summed E-state index contributed by atoms with van der Waals surface area (Å²) in [6.45, 7) is 5.96. The zero-order chi connectivity index (χ0) is 36.9. The van der Waals surface area contributed by atoms with Crippen molar-refractivity contribution in [1.29, 1.82) is 0 Å². The largest absolute Gasteiger partial charge is 0.455 e. The fourth-order valence-corrected chi connectivity index (χ4v) is 7.95. The molecule has 0 radical (unpaired) electrons. The van der Waals surface area contributed by atoms with E-state index in [1.165, 1.54) is 16.5 Å². The molecule has 0 amide bonds. The second-order valence-electron chi connectivity index (χ2n) is 13.8. The van der Waals surface area contributed by atoms with Gasteiger partial charge in [0.2, 0.25) is 5.71 Å². The Morgan fingerprint density at radius 3 is 1.87 bits per heavy atom. The Kier molecular flexibility index (Phi) is 7.81. The van der Waals surface area contributed by atoms with E-state index in [4.69, 9.17) is 8.83 Å². The third-order valence-electron chi connectivity index (χ3n) is 10.6. The zero-order valence-corrected chi connectivity index (χ0v) is 30.3. The highest BCUT2D eigenvalue weighted by atomic mass is 16.3. The molecule has 0 fully saturated rings. The van der Waals surface area contributed by atoms with Gasteiger partial charge in [0.15, 0.2) is 0 Å². The van der Waals surface area contributed by atoms with Gasteiger partial charge in [0.25, 0.3) is 0 Å². The number of anilines is 3. The molecule has 0 aliphatic carbocycles. The van der Waals surface area contributed by atoms with Crippen LogP contribution in [-0.2, 0) is 0 Å². The lowest BCUT2D eigenvalue weighted by molar-refractivity contribution is 0.582. The summed E-state index contributed by atoms with van der Waals surface area (Å²) < 4.78 is 15.2.